The number of aromatic nitrogens is 3. The second kappa shape index (κ2) is 6.23. The fraction of sp³-hybridized carbons (Fsp3) is 0.462. The predicted molar refractivity (Wildman–Crippen MR) is 79.1 cm³/mol. The molecule has 0 saturated carbocycles. The van der Waals surface area contributed by atoms with Gasteiger partial charge in [-0.05, 0) is 0 Å². The average Bonchev–Trinajstić information content (AvgIpc) is 3.08. The van der Waals surface area contributed by atoms with E-state index >= 15 is 0 Å². The SMILES string of the molecule is O=C(O)C1(Cl)NC=C(C(F)(F)F)C(n2cncn2)=C1N1CCOCC1. The number of carboxylic acid groups (broad SMARTS) is 1. The van der Waals surface area contributed by atoms with Crippen molar-refractivity contribution in [2.45, 2.75) is 11.2 Å². The number of carbonyl (C=O) groups is 1. The molecular formula is C13H13ClF3N5O3. The smallest absolute Gasteiger partial charge is 0.419 e. The summed E-state index contributed by atoms with van der Waals surface area (Å²) in [7, 11) is 0. The van der Waals surface area contributed by atoms with E-state index in [2.05, 4.69) is 15.4 Å². The Morgan fingerprint density at radius 3 is 2.60 bits per heavy atom. The van der Waals surface area contributed by atoms with Crippen molar-refractivity contribution in [2.24, 2.45) is 0 Å². The summed E-state index contributed by atoms with van der Waals surface area (Å²) in [5.74, 6) is -1.54. The van der Waals surface area contributed by atoms with Crippen molar-refractivity contribution in [3.63, 3.8) is 0 Å². The van der Waals surface area contributed by atoms with Gasteiger partial charge in [0.2, 0.25) is 0 Å². The fourth-order valence-corrected chi connectivity index (χ4v) is 2.95. The number of carboxylic acids is 1. The molecule has 0 spiro atoms. The van der Waals surface area contributed by atoms with Gasteiger partial charge in [-0.2, -0.15) is 18.3 Å². The van der Waals surface area contributed by atoms with Crippen LogP contribution in [-0.2, 0) is 9.53 Å². The van der Waals surface area contributed by atoms with Gasteiger partial charge >= 0.3 is 12.1 Å². The van der Waals surface area contributed by atoms with E-state index in [4.69, 9.17) is 16.3 Å². The maximum atomic E-state index is 13.5. The normalized spacial score (nSPS) is 24.8. The highest BCUT2D eigenvalue weighted by Gasteiger charge is 2.52. The first kappa shape index (κ1) is 17.5. The molecule has 0 aliphatic carbocycles. The van der Waals surface area contributed by atoms with Gasteiger partial charge in [0.15, 0.2) is 0 Å². The highest BCUT2D eigenvalue weighted by Crippen LogP contribution is 2.43. The number of allylic oxidation sites excluding steroid dienone is 2. The molecule has 1 saturated heterocycles. The van der Waals surface area contributed by atoms with Crippen LogP contribution >= 0.6 is 11.6 Å². The molecule has 25 heavy (non-hydrogen) atoms. The van der Waals surface area contributed by atoms with Crippen LogP contribution in [-0.4, -0.2) is 68.2 Å². The molecule has 0 aromatic carbocycles. The number of halogens is 4. The maximum absolute atomic E-state index is 13.5. The highest BCUT2D eigenvalue weighted by molar-refractivity contribution is 6.36. The van der Waals surface area contributed by atoms with Crippen LogP contribution in [0.25, 0.3) is 5.70 Å². The van der Waals surface area contributed by atoms with E-state index in [1.165, 1.54) is 4.90 Å². The van der Waals surface area contributed by atoms with E-state index in [9.17, 15) is 23.1 Å². The second-order valence-electron chi connectivity index (χ2n) is 5.30. The molecule has 0 amide bonds. The number of ether oxygens (including phenoxy) is 1. The van der Waals surface area contributed by atoms with Gasteiger partial charge in [0.1, 0.15) is 18.4 Å². The van der Waals surface area contributed by atoms with Crippen LogP contribution in [0.4, 0.5) is 13.2 Å². The number of aliphatic carboxylic acids is 1. The number of nitrogens with zero attached hydrogens (tertiary/aromatic N) is 4. The Hall–Kier alpha value is -2.27. The van der Waals surface area contributed by atoms with Crippen molar-refractivity contribution >= 4 is 23.3 Å². The number of nitrogens with one attached hydrogen (secondary N) is 1. The summed E-state index contributed by atoms with van der Waals surface area (Å²) in [6, 6.07) is 0. The molecule has 1 fully saturated rings. The van der Waals surface area contributed by atoms with E-state index in [1.807, 2.05) is 0 Å². The van der Waals surface area contributed by atoms with Crippen LogP contribution in [0.1, 0.15) is 0 Å². The Morgan fingerprint density at radius 2 is 2.08 bits per heavy atom. The van der Waals surface area contributed by atoms with Crippen molar-refractivity contribution < 1.29 is 27.8 Å². The third-order valence-electron chi connectivity index (χ3n) is 3.80. The minimum atomic E-state index is -4.76. The van der Waals surface area contributed by atoms with Crippen molar-refractivity contribution in [3.8, 4) is 0 Å². The maximum Gasteiger partial charge on any atom is 0.419 e. The summed E-state index contributed by atoms with van der Waals surface area (Å²) in [5, 5.41) is 15.5. The number of rotatable bonds is 3. The molecule has 1 unspecified atom stereocenters. The topological polar surface area (TPSA) is 92.5 Å². The van der Waals surface area contributed by atoms with E-state index in [0.717, 1.165) is 17.3 Å². The third kappa shape index (κ3) is 3.04. The molecule has 3 rings (SSSR count). The summed E-state index contributed by atoms with van der Waals surface area (Å²) in [6.07, 6.45) is -2.11. The first-order valence-electron chi connectivity index (χ1n) is 7.15. The van der Waals surface area contributed by atoms with Crippen LogP contribution < -0.4 is 5.32 Å². The van der Waals surface area contributed by atoms with Crippen molar-refractivity contribution in [1.82, 2.24) is 25.0 Å². The van der Waals surface area contributed by atoms with Gasteiger partial charge in [-0.1, -0.05) is 11.6 Å². The summed E-state index contributed by atoms with van der Waals surface area (Å²) in [6.45, 7) is 0.821. The Kier molecular flexibility index (Phi) is 4.37. The standard InChI is InChI=1S/C13H13ClF3N5O3/c14-12(11(23)24)10(21-1-3-25-4-2-21)9(22-7-18-6-20-22)8(5-19-12)13(15,16)17/h5-7,19H,1-4H2,(H,23,24). The number of morpholine rings is 1. The molecule has 2 N–H and O–H groups in total. The van der Waals surface area contributed by atoms with Gasteiger partial charge in [0.25, 0.3) is 5.00 Å². The Balaban J connectivity index is 2.27. The Morgan fingerprint density at radius 1 is 1.40 bits per heavy atom. The molecule has 0 radical (unpaired) electrons. The molecule has 1 aromatic rings. The minimum absolute atomic E-state index is 0.183. The molecular weight excluding hydrogens is 367 g/mol. The average molecular weight is 380 g/mol. The largest absolute Gasteiger partial charge is 0.478 e. The van der Waals surface area contributed by atoms with E-state index in [0.29, 0.717) is 6.20 Å². The molecule has 136 valence electrons. The zero-order valence-electron chi connectivity index (χ0n) is 12.6. The molecule has 3 heterocycles. The number of hydrogen-bond donors (Lipinski definition) is 2. The Bertz CT molecular complexity index is 728. The predicted octanol–water partition coefficient (Wildman–Crippen LogP) is 0.848. The molecule has 8 nitrogen and oxygen atoms in total. The van der Waals surface area contributed by atoms with Gasteiger partial charge in [0.05, 0.1) is 24.5 Å². The summed E-state index contributed by atoms with van der Waals surface area (Å²) < 4.78 is 46.7. The van der Waals surface area contributed by atoms with Crippen LogP contribution in [0.15, 0.2) is 30.1 Å². The van der Waals surface area contributed by atoms with Crippen LogP contribution in [0.3, 0.4) is 0 Å². The van der Waals surface area contributed by atoms with Crippen molar-refractivity contribution in [3.05, 3.63) is 30.1 Å². The number of hydrogen-bond acceptors (Lipinski definition) is 6. The number of alkyl halides is 4. The van der Waals surface area contributed by atoms with E-state index < -0.39 is 28.4 Å². The zero-order chi connectivity index (χ0) is 18.2. The zero-order valence-corrected chi connectivity index (χ0v) is 13.4. The lowest BCUT2D eigenvalue weighted by atomic mass is 10.00. The quantitative estimate of drug-likeness (QED) is 0.594. The van der Waals surface area contributed by atoms with Crippen LogP contribution in [0, 0.1) is 0 Å². The number of dihydropyridines is 1. The van der Waals surface area contributed by atoms with Gasteiger partial charge in [-0.3, -0.25) is 0 Å². The minimum Gasteiger partial charge on any atom is -0.478 e. The first-order valence-corrected chi connectivity index (χ1v) is 7.53. The van der Waals surface area contributed by atoms with Gasteiger partial charge < -0.3 is 20.1 Å². The molecule has 12 heteroatoms. The molecule has 0 bridgehead atoms. The fourth-order valence-electron chi connectivity index (χ4n) is 2.69. The third-order valence-corrected chi connectivity index (χ3v) is 4.25. The lowest BCUT2D eigenvalue weighted by Crippen LogP contribution is -2.56. The lowest BCUT2D eigenvalue weighted by molar-refractivity contribution is -0.140. The molecule has 1 atom stereocenters. The summed E-state index contributed by atoms with van der Waals surface area (Å²) in [5.41, 5.74) is -1.84. The highest BCUT2D eigenvalue weighted by atomic mass is 35.5. The molecule has 2 aliphatic heterocycles. The van der Waals surface area contributed by atoms with Gasteiger partial charge in [0, 0.05) is 19.3 Å². The van der Waals surface area contributed by atoms with E-state index in [1.54, 1.807) is 0 Å². The second-order valence-corrected chi connectivity index (χ2v) is 5.87. The summed E-state index contributed by atoms with van der Waals surface area (Å²) >= 11 is 6.21. The lowest BCUT2D eigenvalue weighted by Gasteiger charge is -2.41. The Labute approximate surface area is 144 Å². The first-order chi connectivity index (χ1) is 11.7. The van der Waals surface area contributed by atoms with E-state index in [-0.39, 0.29) is 32.0 Å². The van der Waals surface area contributed by atoms with Gasteiger partial charge in [-0.15, -0.1) is 0 Å². The van der Waals surface area contributed by atoms with Gasteiger partial charge in [-0.25, -0.2) is 14.5 Å². The van der Waals surface area contributed by atoms with Crippen LogP contribution in [0.2, 0.25) is 0 Å². The van der Waals surface area contributed by atoms with Crippen molar-refractivity contribution in [1.29, 1.82) is 0 Å². The molecule has 2 aliphatic rings. The van der Waals surface area contributed by atoms with Crippen LogP contribution in [0.5, 0.6) is 0 Å². The monoisotopic (exact) mass is 379 g/mol. The molecule has 1 aromatic heterocycles. The van der Waals surface area contributed by atoms with Crippen molar-refractivity contribution in [2.75, 3.05) is 26.3 Å². The summed E-state index contributed by atoms with van der Waals surface area (Å²) in [4.78, 5) is 14.6.